The molecule has 1 aromatic carbocycles. The molecular weight excluding hydrogens is 288 g/mol. The first-order valence-electron chi connectivity index (χ1n) is 8.26. The van der Waals surface area contributed by atoms with Crippen LogP contribution in [-0.4, -0.2) is 35.1 Å². The van der Waals surface area contributed by atoms with Gasteiger partial charge in [0.15, 0.2) is 0 Å². The normalized spacial score (nSPS) is 14.3. The molecule has 3 rings (SSSR count). The molecule has 0 unspecified atom stereocenters. The van der Waals surface area contributed by atoms with E-state index in [-0.39, 0.29) is 0 Å². The fourth-order valence-corrected chi connectivity index (χ4v) is 2.84. The van der Waals surface area contributed by atoms with Gasteiger partial charge in [-0.3, -0.25) is 4.90 Å². The Hall–Kier alpha value is -2.14. The third kappa shape index (κ3) is 3.99. The zero-order valence-electron chi connectivity index (χ0n) is 13.9. The molecule has 1 aliphatic heterocycles. The molecule has 1 aliphatic rings. The molecule has 5 nitrogen and oxygen atoms in total. The molecule has 0 aliphatic carbocycles. The molecule has 0 amide bonds. The molecule has 0 radical (unpaired) electrons. The molecule has 2 heterocycles. The highest BCUT2D eigenvalue weighted by molar-refractivity contribution is 5.56. The summed E-state index contributed by atoms with van der Waals surface area (Å²) in [6.45, 7) is 5.45. The van der Waals surface area contributed by atoms with E-state index < -0.39 is 0 Å². The minimum Gasteiger partial charge on any atom is -0.497 e. The fraction of sp³-hybridized carbons (Fsp3) is 0.444. The maximum Gasteiger partial charge on any atom is 0.227 e. The quantitative estimate of drug-likeness (QED) is 0.886. The Kier molecular flexibility index (Phi) is 5.08. The van der Waals surface area contributed by atoms with E-state index in [2.05, 4.69) is 27.1 Å². The minimum atomic E-state index is 0.652. The summed E-state index contributed by atoms with van der Waals surface area (Å²) in [5.74, 6) is 1.47. The number of methoxy groups -OCH3 is 1. The number of fused-ring (bicyclic) bond motifs is 1. The predicted octanol–water partition coefficient (Wildman–Crippen LogP) is 3.39. The molecule has 5 heteroatoms. The Balaban J connectivity index is 1.69. The highest BCUT2D eigenvalue weighted by Gasteiger charge is 2.17. The number of hydrogen-bond acceptors (Lipinski definition) is 5. The van der Waals surface area contributed by atoms with Crippen LogP contribution in [0.5, 0.6) is 5.75 Å². The van der Waals surface area contributed by atoms with Crippen LogP contribution in [0, 0.1) is 0 Å². The minimum absolute atomic E-state index is 0.652. The number of unbranched alkanes of at least 4 members (excludes halogenated alkanes) is 1. The fourth-order valence-electron chi connectivity index (χ4n) is 2.84. The summed E-state index contributed by atoms with van der Waals surface area (Å²) in [6.07, 6.45) is 5.45. The van der Waals surface area contributed by atoms with E-state index in [1.165, 1.54) is 24.9 Å². The number of anilines is 2. The average molecular weight is 312 g/mol. The van der Waals surface area contributed by atoms with Gasteiger partial charge in [0.25, 0.3) is 0 Å². The van der Waals surface area contributed by atoms with Gasteiger partial charge in [0.1, 0.15) is 5.75 Å². The van der Waals surface area contributed by atoms with Crippen molar-refractivity contribution in [2.24, 2.45) is 0 Å². The van der Waals surface area contributed by atoms with Crippen molar-refractivity contribution < 1.29 is 4.74 Å². The van der Waals surface area contributed by atoms with Gasteiger partial charge in [-0.25, -0.2) is 9.97 Å². The van der Waals surface area contributed by atoms with Gasteiger partial charge in [-0.05, 0) is 25.1 Å². The van der Waals surface area contributed by atoms with Crippen molar-refractivity contribution in [3.8, 4) is 5.75 Å². The van der Waals surface area contributed by atoms with Crippen LogP contribution in [0.2, 0.25) is 0 Å². The van der Waals surface area contributed by atoms with Crippen molar-refractivity contribution in [3.05, 3.63) is 41.7 Å². The van der Waals surface area contributed by atoms with E-state index in [0.717, 1.165) is 36.6 Å². The van der Waals surface area contributed by atoms with Crippen LogP contribution in [0.3, 0.4) is 0 Å². The Morgan fingerprint density at radius 3 is 3.09 bits per heavy atom. The van der Waals surface area contributed by atoms with E-state index in [1.807, 2.05) is 30.5 Å². The second-order valence-corrected chi connectivity index (χ2v) is 5.90. The number of rotatable bonds is 6. The summed E-state index contributed by atoms with van der Waals surface area (Å²) in [7, 11) is 1.67. The SMILES string of the molecule is CCCCN1CCc2nc(Nc3cccc(OC)c3)ncc2C1. The molecule has 0 saturated carbocycles. The lowest BCUT2D eigenvalue weighted by Crippen LogP contribution is -2.32. The lowest BCUT2D eigenvalue weighted by molar-refractivity contribution is 0.248. The van der Waals surface area contributed by atoms with Gasteiger partial charge in [-0.2, -0.15) is 0 Å². The third-order valence-corrected chi connectivity index (χ3v) is 4.17. The monoisotopic (exact) mass is 312 g/mol. The summed E-state index contributed by atoms with van der Waals surface area (Å²) in [6, 6.07) is 7.79. The molecule has 0 spiro atoms. The van der Waals surface area contributed by atoms with Gasteiger partial charge in [0.2, 0.25) is 5.95 Å². The average Bonchev–Trinajstić information content (AvgIpc) is 2.60. The number of hydrogen-bond donors (Lipinski definition) is 1. The van der Waals surface area contributed by atoms with E-state index >= 15 is 0 Å². The third-order valence-electron chi connectivity index (χ3n) is 4.17. The number of aromatic nitrogens is 2. The second kappa shape index (κ2) is 7.42. The molecule has 0 atom stereocenters. The van der Waals surface area contributed by atoms with Crippen molar-refractivity contribution >= 4 is 11.6 Å². The summed E-state index contributed by atoms with van der Waals surface area (Å²) in [5.41, 5.74) is 3.35. The number of nitrogens with one attached hydrogen (secondary N) is 1. The standard InChI is InChI=1S/C18H24N4O/c1-3-4-9-22-10-8-17-14(13-22)12-19-18(21-17)20-15-6-5-7-16(11-15)23-2/h5-7,11-12H,3-4,8-10,13H2,1-2H3,(H,19,20,21). The maximum absolute atomic E-state index is 5.24. The smallest absolute Gasteiger partial charge is 0.227 e. The molecule has 23 heavy (non-hydrogen) atoms. The van der Waals surface area contributed by atoms with Crippen LogP contribution in [-0.2, 0) is 13.0 Å². The van der Waals surface area contributed by atoms with Gasteiger partial charge in [0, 0.05) is 43.0 Å². The zero-order valence-corrected chi connectivity index (χ0v) is 13.9. The number of benzene rings is 1. The number of nitrogens with zero attached hydrogens (tertiary/aromatic N) is 3. The lowest BCUT2D eigenvalue weighted by atomic mass is 10.1. The zero-order chi connectivity index (χ0) is 16.1. The highest BCUT2D eigenvalue weighted by atomic mass is 16.5. The summed E-state index contributed by atoms with van der Waals surface area (Å²) in [4.78, 5) is 11.6. The van der Waals surface area contributed by atoms with Gasteiger partial charge in [-0.1, -0.05) is 19.4 Å². The highest BCUT2D eigenvalue weighted by Crippen LogP contribution is 2.22. The molecule has 2 aromatic rings. The van der Waals surface area contributed by atoms with Crippen molar-refractivity contribution in [3.63, 3.8) is 0 Å². The first-order chi connectivity index (χ1) is 11.3. The first-order valence-corrected chi connectivity index (χ1v) is 8.26. The Bertz CT molecular complexity index is 659. The topological polar surface area (TPSA) is 50.3 Å². The van der Waals surface area contributed by atoms with Crippen LogP contribution < -0.4 is 10.1 Å². The molecule has 122 valence electrons. The van der Waals surface area contributed by atoms with Crippen molar-refractivity contribution in [1.29, 1.82) is 0 Å². The Morgan fingerprint density at radius 1 is 1.35 bits per heavy atom. The Labute approximate surface area is 137 Å². The van der Waals surface area contributed by atoms with Crippen LogP contribution in [0.4, 0.5) is 11.6 Å². The summed E-state index contributed by atoms with van der Waals surface area (Å²) < 4.78 is 5.24. The molecular formula is C18H24N4O. The van der Waals surface area contributed by atoms with E-state index in [1.54, 1.807) is 7.11 Å². The molecule has 1 N–H and O–H groups in total. The molecule has 0 bridgehead atoms. The second-order valence-electron chi connectivity index (χ2n) is 5.90. The van der Waals surface area contributed by atoms with Crippen LogP contribution >= 0.6 is 0 Å². The largest absolute Gasteiger partial charge is 0.497 e. The van der Waals surface area contributed by atoms with Gasteiger partial charge >= 0.3 is 0 Å². The predicted molar refractivity (Wildman–Crippen MR) is 92.2 cm³/mol. The molecule has 0 saturated heterocycles. The Morgan fingerprint density at radius 2 is 2.26 bits per heavy atom. The van der Waals surface area contributed by atoms with E-state index in [0.29, 0.717) is 5.95 Å². The van der Waals surface area contributed by atoms with Crippen LogP contribution in [0.1, 0.15) is 31.0 Å². The summed E-state index contributed by atoms with van der Waals surface area (Å²) >= 11 is 0. The molecule has 1 aromatic heterocycles. The number of ether oxygens (including phenoxy) is 1. The van der Waals surface area contributed by atoms with Crippen molar-refractivity contribution in [2.45, 2.75) is 32.7 Å². The van der Waals surface area contributed by atoms with Crippen LogP contribution in [0.25, 0.3) is 0 Å². The molecule has 0 fully saturated rings. The van der Waals surface area contributed by atoms with Gasteiger partial charge in [0.05, 0.1) is 12.8 Å². The first kappa shape index (κ1) is 15.7. The van der Waals surface area contributed by atoms with Crippen molar-refractivity contribution in [2.75, 3.05) is 25.5 Å². The van der Waals surface area contributed by atoms with E-state index in [4.69, 9.17) is 4.74 Å². The summed E-state index contributed by atoms with van der Waals surface area (Å²) in [5, 5.41) is 3.26. The maximum atomic E-state index is 5.24. The van der Waals surface area contributed by atoms with E-state index in [9.17, 15) is 0 Å². The van der Waals surface area contributed by atoms with Crippen molar-refractivity contribution in [1.82, 2.24) is 14.9 Å². The van der Waals surface area contributed by atoms with Crippen LogP contribution in [0.15, 0.2) is 30.5 Å². The lowest BCUT2D eigenvalue weighted by Gasteiger charge is -2.27. The van der Waals surface area contributed by atoms with Gasteiger partial charge in [-0.15, -0.1) is 0 Å². The van der Waals surface area contributed by atoms with Gasteiger partial charge < -0.3 is 10.1 Å².